The first-order valence-corrected chi connectivity index (χ1v) is 4.15. The third kappa shape index (κ3) is 2.83. The molecule has 1 aliphatic carbocycles. The molecule has 1 amide bonds. The molecule has 1 saturated carbocycles. The summed E-state index contributed by atoms with van der Waals surface area (Å²) in [5.74, 6) is 6.42. The zero-order chi connectivity index (χ0) is 8.97. The van der Waals surface area contributed by atoms with Crippen molar-refractivity contribution in [2.75, 3.05) is 0 Å². The van der Waals surface area contributed by atoms with Crippen molar-refractivity contribution in [2.24, 2.45) is 11.7 Å². The first-order valence-electron chi connectivity index (χ1n) is 4.15. The quantitative estimate of drug-likeness (QED) is 0.630. The molecule has 12 heavy (non-hydrogen) atoms. The lowest BCUT2D eigenvalue weighted by Crippen LogP contribution is -2.15. The molecule has 0 radical (unpaired) electrons. The maximum atomic E-state index is 10.3. The summed E-state index contributed by atoms with van der Waals surface area (Å²) < 4.78 is 4.78. The fourth-order valence-electron chi connectivity index (χ4n) is 1.06. The average molecular weight is 167 g/mol. The lowest BCUT2D eigenvalue weighted by atomic mass is 10.3. The third-order valence-electron chi connectivity index (χ3n) is 1.79. The molecule has 2 unspecified atom stereocenters. The second kappa shape index (κ2) is 4.01. The molecule has 1 rings (SSSR count). The fourth-order valence-corrected chi connectivity index (χ4v) is 1.06. The van der Waals surface area contributed by atoms with Gasteiger partial charge in [-0.2, -0.15) is 0 Å². The van der Waals surface area contributed by atoms with E-state index in [1.54, 1.807) is 0 Å². The molecule has 0 bridgehead atoms. The van der Waals surface area contributed by atoms with Gasteiger partial charge in [0.1, 0.15) is 6.10 Å². The SMILES string of the molecule is CCC#CCC1CC1OC(N)=O. The van der Waals surface area contributed by atoms with Crippen molar-refractivity contribution in [3.8, 4) is 11.8 Å². The Morgan fingerprint density at radius 2 is 2.42 bits per heavy atom. The molecule has 0 spiro atoms. The summed E-state index contributed by atoms with van der Waals surface area (Å²) in [7, 11) is 0. The Bertz CT molecular complexity index is 226. The van der Waals surface area contributed by atoms with Crippen LogP contribution in [0.25, 0.3) is 0 Å². The Morgan fingerprint density at radius 3 is 3.00 bits per heavy atom. The molecule has 2 N–H and O–H groups in total. The van der Waals surface area contributed by atoms with E-state index in [1.165, 1.54) is 0 Å². The van der Waals surface area contributed by atoms with E-state index < -0.39 is 6.09 Å². The zero-order valence-electron chi connectivity index (χ0n) is 7.17. The molecule has 2 atom stereocenters. The van der Waals surface area contributed by atoms with Gasteiger partial charge in [-0.15, -0.1) is 11.8 Å². The first-order chi connectivity index (χ1) is 5.74. The molecular formula is C9H13NO2. The Morgan fingerprint density at radius 1 is 1.67 bits per heavy atom. The molecule has 0 aromatic heterocycles. The van der Waals surface area contributed by atoms with E-state index in [1.807, 2.05) is 6.92 Å². The number of hydrogen-bond donors (Lipinski definition) is 1. The Balaban J connectivity index is 2.12. The molecule has 0 saturated heterocycles. The number of nitrogens with two attached hydrogens (primary N) is 1. The summed E-state index contributed by atoms with van der Waals surface area (Å²) in [5, 5.41) is 0. The largest absolute Gasteiger partial charge is 0.446 e. The standard InChI is InChI=1S/C9H13NO2/c1-2-3-4-5-7-6-8(7)12-9(10)11/h7-8H,2,5-6H2,1H3,(H2,10,11). The van der Waals surface area contributed by atoms with E-state index in [-0.39, 0.29) is 6.10 Å². The predicted octanol–water partition coefficient (Wildman–Crippen LogP) is 1.27. The fraction of sp³-hybridized carbons (Fsp3) is 0.667. The lowest BCUT2D eigenvalue weighted by molar-refractivity contribution is 0.144. The van der Waals surface area contributed by atoms with Gasteiger partial charge in [0.05, 0.1) is 0 Å². The summed E-state index contributed by atoms with van der Waals surface area (Å²) in [6.07, 6.45) is 1.99. The summed E-state index contributed by atoms with van der Waals surface area (Å²) >= 11 is 0. The second-order valence-electron chi connectivity index (χ2n) is 2.88. The summed E-state index contributed by atoms with van der Waals surface area (Å²) in [5.41, 5.74) is 4.85. The highest BCUT2D eigenvalue weighted by Gasteiger charge is 2.39. The van der Waals surface area contributed by atoms with Crippen molar-refractivity contribution in [2.45, 2.75) is 32.3 Å². The van der Waals surface area contributed by atoms with Crippen LogP contribution in [0.5, 0.6) is 0 Å². The van der Waals surface area contributed by atoms with Gasteiger partial charge in [-0.3, -0.25) is 0 Å². The molecule has 66 valence electrons. The van der Waals surface area contributed by atoms with Crippen molar-refractivity contribution >= 4 is 6.09 Å². The van der Waals surface area contributed by atoms with Crippen LogP contribution in [0.4, 0.5) is 4.79 Å². The van der Waals surface area contributed by atoms with Crippen molar-refractivity contribution in [3.63, 3.8) is 0 Å². The smallest absolute Gasteiger partial charge is 0.404 e. The van der Waals surface area contributed by atoms with Crippen LogP contribution < -0.4 is 5.73 Å². The second-order valence-corrected chi connectivity index (χ2v) is 2.88. The minimum absolute atomic E-state index is 0.0358. The van der Waals surface area contributed by atoms with E-state index in [0.29, 0.717) is 5.92 Å². The molecule has 0 heterocycles. The van der Waals surface area contributed by atoms with Crippen molar-refractivity contribution < 1.29 is 9.53 Å². The summed E-state index contributed by atoms with van der Waals surface area (Å²) in [4.78, 5) is 10.3. The maximum Gasteiger partial charge on any atom is 0.404 e. The van der Waals surface area contributed by atoms with Gasteiger partial charge in [0.2, 0.25) is 0 Å². The van der Waals surface area contributed by atoms with E-state index in [9.17, 15) is 4.79 Å². The van der Waals surface area contributed by atoms with Crippen LogP contribution in [-0.2, 0) is 4.74 Å². The minimum Gasteiger partial charge on any atom is -0.446 e. The van der Waals surface area contributed by atoms with Gasteiger partial charge in [-0.05, 0) is 6.42 Å². The average Bonchev–Trinajstić information content (AvgIpc) is 2.67. The van der Waals surface area contributed by atoms with Crippen LogP contribution in [0.15, 0.2) is 0 Å². The maximum absolute atomic E-state index is 10.3. The number of hydrogen-bond acceptors (Lipinski definition) is 2. The summed E-state index contributed by atoms with van der Waals surface area (Å²) in [6, 6.07) is 0. The van der Waals surface area contributed by atoms with Gasteiger partial charge < -0.3 is 10.5 Å². The molecule has 3 heteroatoms. The van der Waals surface area contributed by atoms with E-state index in [4.69, 9.17) is 10.5 Å². The molecule has 0 aliphatic heterocycles. The number of primary amides is 1. The number of carbonyl (C=O) groups is 1. The highest BCUT2D eigenvalue weighted by Crippen LogP contribution is 2.36. The number of carbonyl (C=O) groups excluding carboxylic acids is 1. The molecule has 1 aliphatic rings. The van der Waals surface area contributed by atoms with Crippen LogP contribution in [0.2, 0.25) is 0 Å². The highest BCUT2D eigenvalue weighted by atomic mass is 16.6. The lowest BCUT2D eigenvalue weighted by Gasteiger charge is -1.96. The molecule has 3 nitrogen and oxygen atoms in total. The van der Waals surface area contributed by atoms with Crippen molar-refractivity contribution in [1.29, 1.82) is 0 Å². The normalized spacial score (nSPS) is 25.4. The van der Waals surface area contributed by atoms with E-state index in [2.05, 4.69) is 11.8 Å². The Hall–Kier alpha value is -1.17. The van der Waals surface area contributed by atoms with Gasteiger partial charge in [-0.1, -0.05) is 6.92 Å². The summed E-state index contributed by atoms with van der Waals surface area (Å²) in [6.45, 7) is 2.01. The number of amides is 1. The molecule has 0 aromatic rings. The van der Waals surface area contributed by atoms with Crippen molar-refractivity contribution in [1.82, 2.24) is 0 Å². The zero-order valence-corrected chi connectivity index (χ0v) is 7.17. The van der Waals surface area contributed by atoms with E-state index in [0.717, 1.165) is 19.3 Å². The Labute approximate surface area is 72.3 Å². The third-order valence-corrected chi connectivity index (χ3v) is 1.79. The van der Waals surface area contributed by atoms with Gasteiger partial charge in [0.25, 0.3) is 0 Å². The van der Waals surface area contributed by atoms with Gasteiger partial charge in [-0.25, -0.2) is 4.79 Å². The molecule has 0 aromatic carbocycles. The van der Waals surface area contributed by atoms with Crippen LogP contribution >= 0.6 is 0 Å². The van der Waals surface area contributed by atoms with Gasteiger partial charge in [0.15, 0.2) is 0 Å². The highest BCUT2D eigenvalue weighted by molar-refractivity contribution is 5.65. The minimum atomic E-state index is -0.675. The molecule has 1 fully saturated rings. The topological polar surface area (TPSA) is 52.3 Å². The predicted molar refractivity (Wildman–Crippen MR) is 45.2 cm³/mol. The van der Waals surface area contributed by atoms with Crippen LogP contribution in [-0.4, -0.2) is 12.2 Å². The monoisotopic (exact) mass is 167 g/mol. The number of ether oxygens (including phenoxy) is 1. The van der Waals surface area contributed by atoms with Crippen molar-refractivity contribution in [3.05, 3.63) is 0 Å². The van der Waals surface area contributed by atoms with Gasteiger partial charge in [0, 0.05) is 18.8 Å². The van der Waals surface area contributed by atoms with Crippen LogP contribution in [0, 0.1) is 17.8 Å². The van der Waals surface area contributed by atoms with Crippen LogP contribution in [0.1, 0.15) is 26.2 Å². The van der Waals surface area contributed by atoms with Gasteiger partial charge >= 0.3 is 6.09 Å². The molecular weight excluding hydrogens is 154 g/mol. The number of rotatable bonds is 2. The Kier molecular flexibility index (Phi) is 2.98. The van der Waals surface area contributed by atoms with Crippen LogP contribution in [0.3, 0.4) is 0 Å². The van der Waals surface area contributed by atoms with E-state index >= 15 is 0 Å². The first kappa shape index (κ1) is 8.92.